The summed E-state index contributed by atoms with van der Waals surface area (Å²) in [4.78, 5) is 23.0. The van der Waals surface area contributed by atoms with E-state index in [1.165, 1.54) is 0 Å². The molecule has 1 aliphatic carbocycles. The van der Waals surface area contributed by atoms with E-state index in [0.29, 0.717) is 10.7 Å². The van der Waals surface area contributed by atoms with Crippen LogP contribution in [0.2, 0.25) is 5.02 Å². The second-order valence-corrected chi connectivity index (χ2v) is 4.51. The van der Waals surface area contributed by atoms with Crippen LogP contribution in [0.15, 0.2) is 24.3 Å². The highest BCUT2D eigenvalue weighted by atomic mass is 35.5. The molecule has 17 heavy (non-hydrogen) atoms. The fourth-order valence-corrected chi connectivity index (χ4v) is 1.71. The fourth-order valence-electron chi connectivity index (χ4n) is 1.58. The third-order valence-electron chi connectivity index (χ3n) is 2.81. The Kier molecular flexibility index (Phi) is 3.64. The first-order chi connectivity index (χ1) is 8.15. The van der Waals surface area contributed by atoms with Crippen LogP contribution in [0, 0.1) is 5.92 Å². The van der Waals surface area contributed by atoms with Crippen LogP contribution < -0.4 is 10.6 Å². The minimum Gasteiger partial charge on any atom is -0.308 e. The van der Waals surface area contributed by atoms with Gasteiger partial charge >= 0.3 is 6.03 Å². The Morgan fingerprint density at radius 2 is 1.82 bits per heavy atom. The topological polar surface area (TPSA) is 58.2 Å². The molecule has 0 aromatic heterocycles. The number of benzene rings is 1. The molecule has 5 heteroatoms. The molecule has 0 bridgehead atoms. The van der Waals surface area contributed by atoms with E-state index in [-0.39, 0.29) is 11.8 Å². The number of hydrogen-bond acceptors (Lipinski definition) is 2. The second kappa shape index (κ2) is 5.19. The summed E-state index contributed by atoms with van der Waals surface area (Å²) < 4.78 is 0. The van der Waals surface area contributed by atoms with Crippen LogP contribution in [-0.4, -0.2) is 11.9 Å². The number of carbonyl (C=O) groups is 2. The van der Waals surface area contributed by atoms with Crippen molar-refractivity contribution in [2.45, 2.75) is 19.3 Å². The highest BCUT2D eigenvalue weighted by molar-refractivity contribution is 6.30. The third-order valence-corrected chi connectivity index (χ3v) is 3.07. The van der Waals surface area contributed by atoms with Gasteiger partial charge in [-0.1, -0.05) is 18.0 Å². The van der Waals surface area contributed by atoms with E-state index >= 15 is 0 Å². The van der Waals surface area contributed by atoms with Gasteiger partial charge in [0.05, 0.1) is 0 Å². The molecule has 0 atom stereocenters. The maximum absolute atomic E-state index is 11.5. The molecular formula is C12H13ClN2O2. The van der Waals surface area contributed by atoms with Gasteiger partial charge in [0, 0.05) is 16.6 Å². The summed E-state index contributed by atoms with van der Waals surface area (Å²) in [6, 6.07) is 6.20. The molecule has 0 aliphatic heterocycles. The number of hydrogen-bond donors (Lipinski definition) is 2. The van der Waals surface area contributed by atoms with Crippen LogP contribution in [0.3, 0.4) is 0 Å². The fraction of sp³-hybridized carbons (Fsp3) is 0.333. The quantitative estimate of drug-likeness (QED) is 0.850. The average molecular weight is 253 g/mol. The average Bonchev–Trinajstić information content (AvgIpc) is 2.18. The molecule has 1 aromatic carbocycles. The Morgan fingerprint density at radius 3 is 2.35 bits per heavy atom. The van der Waals surface area contributed by atoms with E-state index in [4.69, 9.17) is 11.6 Å². The maximum Gasteiger partial charge on any atom is 0.325 e. The molecule has 0 spiro atoms. The molecule has 0 saturated heterocycles. The van der Waals surface area contributed by atoms with E-state index < -0.39 is 6.03 Å². The van der Waals surface area contributed by atoms with Crippen LogP contribution in [-0.2, 0) is 4.79 Å². The van der Waals surface area contributed by atoms with Crippen LogP contribution in [0.25, 0.3) is 0 Å². The number of imide groups is 1. The van der Waals surface area contributed by atoms with Gasteiger partial charge in [0.15, 0.2) is 0 Å². The first-order valence-corrected chi connectivity index (χ1v) is 5.90. The van der Waals surface area contributed by atoms with E-state index in [1.807, 2.05) is 0 Å². The second-order valence-electron chi connectivity index (χ2n) is 4.08. The smallest absolute Gasteiger partial charge is 0.308 e. The summed E-state index contributed by atoms with van der Waals surface area (Å²) in [6.07, 6.45) is 2.82. The molecule has 1 fully saturated rings. The van der Waals surface area contributed by atoms with Gasteiger partial charge in [0.25, 0.3) is 0 Å². The molecule has 0 radical (unpaired) electrons. The molecule has 1 saturated carbocycles. The van der Waals surface area contributed by atoms with Crippen LogP contribution in [0.1, 0.15) is 19.3 Å². The molecule has 0 unspecified atom stereocenters. The van der Waals surface area contributed by atoms with Crippen LogP contribution in [0.4, 0.5) is 10.5 Å². The van der Waals surface area contributed by atoms with E-state index in [2.05, 4.69) is 10.6 Å². The Morgan fingerprint density at radius 1 is 1.18 bits per heavy atom. The van der Waals surface area contributed by atoms with E-state index in [0.717, 1.165) is 19.3 Å². The van der Waals surface area contributed by atoms with Gasteiger partial charge in [-0.15, -0.1) is 0 Å². The third kappa shape index (κ3) is 3.20. The Balaban J connectivity index is 1.84. The summed E-state index contributed by atoms with van der Waals surface area (Å²) >= 11 is 5.72. The number of amides is 3. The zero-order chi connectivity index (χ0) is 12.3. The predicted octanol–water partition coefficient (Wildman–Crippen LogP) is 2.79. The van der Waals surface area contributed by atoms with Crippen LogP contribution in [0.5, 0.6) is 0 Å². The van der Waals surface area contributed by atoms with Crippen molar-refractivity contribution in [2.75, 3.05) is 5.32 Å². The molecule has 2 N–H and O–H groups in total. The van der Waals surface area contributed by atoms with Gasteiger partial charge in [-0.2, -0.15) is 0 Å². The summed E-state index contributed by atoms with van der Waals surface area (Å²) in [5, 5.41) is 5.50. The standard InChI is InChI=1S/C12H13ClN2O2/c13-9-4-6-10(7-5-9)14-12(17)15-11(16)8-2-1-3-8/h4-8H,1-3H2,(H2,14,15,16,17). The van der Waals surface area contributed by atoms with Gasteiger partial charge in [-0.25, -0.2) is 4.79 Å². The lowest BCUT2D eigenvalue weighted by Gasteiger charge is -2.23. The van der Waals surface area contributed by atoms with Crippen molar-refractivity contribution in [2.24, 2.45) is 5.92 Å². The predicted molar refractivity (Wildman–Crippen MR) is 66.0 cm³/mol. The Bertz CT molecular complexity index is 427. The number of urea groups is 1. The van der Waals surface area contributed by atoms with Crippen molar-refractivity contribution in [3.63, 3.8) is 0 Å². The number of rotatable bonds is 2. The Labute approximate surface area is 104 Å². The lowest BCUT2D eigenvalue weighted by molar-refractivity contribution is -0.126. The van der Waals surface area contributed by atoms with Gasteiger partial charge in [-0.3, -0.25) is 10.1 Å². The first-order valence-electron chi connectivity index (χ1n) is 5.52. The zero-order valence-electron chi connectivity index (χ0n) is 9.20. The van der Waals surface area contributed by atoms with Crippen LogP contribution >= 0.6 is 11.6 Å². The number of halogens is 1. The molecule has 3 amide bonds. The SMILES string of the molecule is O=C(NC(=O)C1CCC1)Nc1ccc(Cl)cc1. The highest BCUT2D eigenvalue weighted by Gasteiger charge is 2.26. The first kappa shape index (κ1) is 11.9. The number of anilines is 1. The largest absolute Gasteiger partial charge is 0.325 e. The minimum absolute atomic E-state index is 0.00553. The number of carbonyl (C=O) groups excluding carboxylic acids is 2. The molecule has 4 nitrogen and oxygen atoms in total. The van der Waals surface area contributed by atoms with Crippen molar-refractivity contribution in [3.8, 4) is 0 Å². The molecular weight excluding hydrogens is 240 g/mol. The van der Waals surface area contributed by atoms with Gasteiger partial charge in [-0.05, 0) is 37.1 Å². The lowest BCUT2D eigenvalue weighted by atomic mass is 9.85. The van der Waals surface area contributed by atoms with E-state index in [9.17, 15) is 9.59 Å². The Hall–Kier alpha value is -1.55. The summed E-state index contributed by atoms with van der Waals surface area (Å²) in [5.74, 6) is -0.186. The zero-order valence-corrected chi connectivity index (χ0v) is 9.96. The molecule has 0 heterocycles. The van der Waals surface area contributed by atoms with Crippen molar-refractivity contribution < 1.29 is 9.59 Å². The van der Waals surface area contributed by atoms with Gasteiger partial charge < -0.3 is 5.32 Å². The van der Waals surface area contributed by atoms with Gasteiger partial charge in [0.2, 0.25) is 5.91 Å². The summed E-state index contributed by atoms with van der Waals surface area (Å²) in [7, 11) is 0. The molecule has 1 aliphatic rings. The van der Waals surface area contributed by atoms with E-state index in [1.54, 1.807) is 24.3 Å². The minimum atomic E-state index is -0.496. The van der Waals surface area contributed by atoms with Gasteiger partial charge in [0.1, 0.15) is 0 Å². The molecule has 2 rings (SSSR count). The highest BCUT2D eigenvalue weighted by Crippen LogP contribution is 2.26. The monoisotopic (exact) mass is 252 g/mol. The number of nitrogens with one attached hydrogen (secondary N) is 2. The van der Waals surface area contributed by atoms with Crippen molar-refractivity contribution >= 4 is 29.2 Å². The summed E-state index contributed by atoms with van der Waals surface area (Å²) in [5.41, 5.74) is 0.605. The molecule has 1 aromatic rings. The molecule has 90 valence electrons. The van der Waals surface area contributed by atoms with Crippen molar-refractivity contribution in [1.29, 1.82) is 0 Å². The summed E-state index contributed by atoms with van der Waals surface area (Å²) in [6.45, 7) is 0. The lowest BCUT2D eigenvalue weighted by Crippen LogP contribution is -2.40. The van der Waals surface area contributed by atoms with Crippen molar-refractivity contribution in [3.05, 3.63) is 29.3 Å². The maximum atomic E-state index is 11.5. The van der Waals surface area contributed by atoms with Crippen molar-refractivity contribution in [1.82, 2.24) is 5.32 Å². The normalized spacial score (nSPS) is 14.9.